The average Bonchev–Trinajstić information content (AvgIpc) is 2.42. The van der Waals surface area contributed by atoms with E-state index >= 15 is 0 Å². The molecule has 1 aromatic heterocycles. The van der Waals surface area contributed by atoms with Gasteiger partial charge in [0, 0.05) is 30.2 Å². The molecule has 1 aromatic rings. The summed E-state index contributed by atoms with van der Waals surface area (Å²) in [6.07, 6.45) is 8.95. The highest BCUT2D eigenvalue weighted by molar-refractivity contribution is 5.54. The van der Waals surface area contributed by atoms with Crippen molar-refractivity contribution in [3.05, 3.63) is 60.1 Å². The van der Waals surface area contributed by atoms with E-state index in [4.69, 9.17) is 5.73 Å². The molecule has 0 atom stereocenters. The Balaban J connectivity index is 3.10. The van der Waals surface area contributed by atoms with Crippen LogP contribution in [0.25, 0.3) is 0 Å². The van der Waals surface area contributed by atoms with E-state index in [1.165, 1.54) is 5.57 Å². The Kier molecular flexibility index (Phi) is 6.03. The largest absolute Gasteiger partial charge is 0.326 e. The van der Waals surface area contributed by atoms with Crippen LogP contribution in [0.1, 0.15) is 32.8 Å². The van der Waals surface area contributed by atoms with Crippen molar-refractivity contribution in [1.29, 1.82) is 0 Å². The maximum Gasteiger partial charge on any atom is 0.141 e. The highest BCUT2D eigenvalue weighted by Crippen LogP contribution is 2.22. The number of allylic oxidation sites excluding steroid dienone is 4. The highest BCUT2D eigenvalue weighted by atomic mass is 15.2. The predicted molar refractivity (Wildman–Crippen MR) is 82.6 cm³/mol. The normalized spacial score (nSPS) is 11.9. The molecule has 0 spiro atoms. The van der Waals surface area contributed by atoms with Crippen molar-refractivity contribution in [3.63, 3.8) is 0 Å². The van der Waals surface area contributed by atoms with Gasteiger partial charge in [0.05, 0.1) is 0 Å². The molecule has 0 aliphatic heterocycles. The van der Waals surface area contributed by atoms with E-state index in [-0.39, 0.29) is 0 Å². The lowest BCUT2D eigenvalue weighted by Crippen LogP contribution is -2.17. The predicted octanol–water partition coefficient (Wildman–Crippen LogP) is 3.75. The number of pyridine rings is 1. The lowest BCUT2D eigenvalue weighted by molar-refractivity contribution is 0.992. The Morgan fingerprint density at radius 3 is 2.79 bits per heavy atom. The molecular formula is C16H23N3. The van der Waals surface area contributed by atoms with Gasteiger partial charge in [-0.25, -0.2) is 4.98 Å². The number of nitrogens with zero attached hydrogens (tertiary/aromatic N) is 2. The third kappa shape index (κ3) is 4.38. The van der Waals surface area contributed by atoms with Gasteiger partial charge in [0.1, 0.15) is 5.82 Å². The molecule has 0 fully saturated rings. The zero-order valence-corrected chi connectivity index (χ0v) is 12.1. The Bertz CT molecular complexity index is 487. The zero-order chi connectivity index (χ0) is 14.3. The minimum absolute atomic E-state index is 0.467. The van der Waals surface area contributed by atoms with Gasteiger partial charge in [0.2, 0.25) is 0 Å². The zero-order valence-electron chi connectivity index (χ0n) is 12.1. The number of nitrogens with two attached hydrogens (primary N) is 1. The number of rotatable bonds is 6. The average molecular weight is 257 g/mol. The first kappa shape index (κ1) is 15.2. The smallest absolute Gasteiger partial charge is 0.141 e. The van der Waals surface area contributed by atoms with Crippen LogP contribution in [0.4, 0.5) is 5.82 Å². The van der Waals surface area contributed by atoms with E-state index in [0.717, 1.165) is 23.5 Å². The van der Waals surface area contributed by atoms with Gasteiger partial charge in [0.25, 0.3) is 0 Å². The van der Waals surface area contributed by atoms with E-state index in [2.05, 4.69) is 36.8 Å². The monoisotopic (exact) mass is 257 g/mol. The molecule has 2 N–H and O–H groups in total. The fourth-order valence-corrected chi connectivity index (χ4v) is 1.74. The molecule has 1 heterocycles. The summed E-state index contributed by atoms with van der Waals surface area (Å²) >= 11 is 0. The molecule has 0 aliphatic carbocycles. The molecule has 1 rings (SSSR count). The Labute approximate surface area is 116 Å². The molecule has 0 aromatic carbocycles. The maximum absolute atomic E-state index is 5.77. The van der Waals surface area contributed by atoms with Crippen molar-refractivity contribution in [2.45, 2.75) is 33.7 Å². The lowest BCUT2D eigenvalue weighted by atomic mass is 10.2. The van der Waals surface area contributed by atoms with E-state index in [9.17, 15) is 0 Å². The molecule has 0 aliphatic rings. The summed E-state index contributed by atoms with van der Waals surface area (Å²) in [6.45, 7) is 10.6. The SMILES string of the molecule is C=C(C)N(C=C(C)CC=CC)c1ncccc1CN. The molecule has 19 heavy (non-hydrogen) atoms. The van der Waals surface area contributed by atoms with Crippen LogP contribution in [0.3, 0.4) is 0 Å². The Morgan fingerprint density at radius 2 is 2.21 bits per heavy atom. The number of hydrogen-bond acceptors (Lipinski definition) is 3. The summed E-state index contributed by atoms with van der Waals surface area (Å²) < 4.78 is 0. The van der Waals surface area contributed by atoms with E-state index in [1.54, 1.807) is 6.20 Å². The summed E-state index contributed by atoms with van der Waals surface area (Å²) in [5.41, 5.74) is 8.96. The minimum atomic E-state index is 0.467. The molecular weight excluding hydrogens is 234 g/mol. The van der Waals surface area contributed by atoms with Crippen LogP contribution in [-0.4, -0.2) is 4.98 Å². The van der Waals surface area contributed by atoms with Crippen LogP contribution < -0.4 is 10.6 Å². The van der Waals surface area contributed by atoms with Crippen LogP contribution in [0.15, 0.2) is 54.5 Å². The van der Waals surface area contributed by atoms with Crippen molar-refractivity contribution >= 4 is 5.82 Å². The van der Waals surface area contributed by atoms with Gasteiger partial charge in [-0.05, 0) is 33.3 Å². The standard InChI is InChI=1S/C16H23N3/c1-5-6-8-14(4)12-19(13(2)3)16-15(11-17)9-7-10-18-16/h5-7,9-10,12H,2,8,11,17H2,1,3-4H3. The first-order valence-electron chi connectivity index (χ1n) is 6.47. The summed E-state index contributed by atoms with van der Waals surface area (Å²) in [5, 5.41) is 0. The number of anilines is 1. The Morgan fingerprint density at radius 1 is 1.47 bits per heavy atom. The van der Waals surface area contributed by atoms with Gasteiger partial charge in [-0.1, -0.05) is 30.4 Å². The minimum Gasteiger partial charge on any atom is -0.326 e. The number of aromatic nitrogens is 1. The topological polar surface area (TPSA) is 42.2 Å². The van der Waals surface area contributed by atoms with Crippen molar-refractivity contribution in [3.8, 4) is 0 Å². The van der Waals surface area contributed by atoms with Crippen molar-refractivity contribution in [1.82, 2.24) is 4.98 Å². The van der Waals surface area contributed by atoms with Gasteiger partial charge in [-0.3, -0.25) is 0 Å². The number of hydrogen-bond donors (Lipinski definition) is 1. The van der Waals surface area contributed by atoms with Crippen molar-refractivity contribution in [2.75, 3.05) is 4.90 Å². The molecule has 0 bridgehead atoms. The van der Waals surface area contributed by atoms with E-state index in [1.807, 2.05) is 30.9 Å². The second-order valence-corrected chi connectivity index (χ2v) is 4.54. The van der Waals surface area contributed by atoms with Gasteiger partial charge in [-0.15, -0.1) is 0 Å². The van der Waals surface area contributed by atoms with Crippen LogP contribution in [-0.2, 0) is 6.54 Å². The van der Waals surface area contributed by atoms with Gasteiger partial charge >= 0.3 is 0 Å². The van der Waals surface area contributed by atoms with E-state index < -0.39 is 0 Å². The molecule has 0 amide bonds. The molecule has 102 valence electrons. The quantitative estimate of drug-likeness (QED) is 0.789. The maximum atomic E-state index is 5.77. The van der Waals surface area contributed by atoms with Gasteiger partial charge < -0.3 is 10.6 Å². The van der Waals surface area contributed by atoms with Crippen LogP contribution in [0, 0.1) is 0 Å². The summed E-state index contributed by atoms with van der Waals surface area (Å²) in [4.78, 5) is 6.43. The van der Waals surface area contributed by atoms with Gasteiger partial charge in [-0.2, -0.15) is 0 Å². The second kappa shape index (κ2) is 7.54. The Hall–Kier alpha value is -1.87. The fourth-order valence-electron chi connectivity index (χ4n) is 1.74. The van der Waals surface area contributed by atoms with Crippen molar-refractivity contribution in [2.24, 2.45) is 5.73 Å². The third-order valence-corrected chi connectivity index (χ3v) is 2.75. The van der Waals surface area contributed by atoms with Gasteiger partial charge in [0.15, 0.2) is 0 Å². The van der Waals surface area contributed by atoms with Crippen LogP contribution >= 0.6 is 0 Å². The molecule has 3 heteroatoms. The molecule has 3 nitrogen and oxygen atoms in total. The lowest BCUT2D eigenvalue weighted by Gasteiger charge is -2.22. The van der Waals surface area contributed by atoms with Crippen molar-refractivity contribution < 1.29 is 0 Å². The first-order valence-corrected chi connectivity index (χ1v) is 6.47. The second-order valence-electron chi connectivity index (χ2n) is 4.54. The molecule has 0 saturated carbocycles. The summed E-state index contributed by atoms with van der Waals surface area (Å²) in [6, 6.07) is 3.89. The third-order valence-electron chi connectivity index (χ3n) is 2.75. The highest BCUT2D eigenvalue weighted by Gasteiger charge is 2.10. The van der Waals surface area contributed by atoms with E-state index in [0.29, 0.717) is 6.54 Å². The fraction of sp³-hybridized carbons (Fsp3) is 0.312. The summed E-state index contributed by atoms with van der Waals surface area (Å²) in [7, 11) is 0. The van der Waals surface area contributed by atoms with Crippen LogP contribution in [0.5, 0.6) is 0 Å². The summed E-state index contributed by atoms with van der Waals surface area (Å²) in [5.74, 6) is 0.859. The van der Waals surface area contributed by atoms with Crippen LogP contribution in [0.2, 0.25) is 0 Å². The first-order chi connectivity index (χ1) is 9.10. The molecule has 0 unspecified atom stereocenters. The molecule has 0 radical (unpaired) electrons. The molecule has 0 saturated heterocycles.